The summed E-state index contributed by atoms with van der Waals surface area (Å²) in [6, 6.07) is 22.1. The molecule has 1 amide bonds. The molecule has 0 aliphatic carbocycles. The number of ether oxygens (including phenoxy) is 1. The SMILES string of the molecule is CCCCOc1ccc(C(=O)Nc2ccc(S(=O)(=O)N(CC)c3ccccc3)cc2)cc1. The molecule has 0 spiro atoms. The number of para-hydroxylation sites is 1. The van der Waals surface area contributed by atoms with Crippen LogP contribution in [-0.2, 0) is 10.0 Å². The Morgan fingerprint density at radius 1 is 0.906 bits per heavy atom. The van der Waals surface area contributed by atoms with E-state index in [0.29, 0.717) is 30.1 Å². The van der Waals surface area contributed by atoms with Crippen LogP contribution in [0.5, 0.6) is 5.75 Å². The number of sulfonamides is 1. The minimum absolute atomic E-state index is 0.162. The zero-order chi connectivity index (χ0) is 23.0. The lowest BCUT2D eigenvalue weighted by Crippen LogP contribution is -2.30. The van der Waals surface area contributed by atoms with Crippen molar-refractivity contribution in [2.45, 2.75) is 31.6 Å². The fourth-order valence-corrected chi connectivity index (χ4v) is 4.64. The van der Waals surface area contributed by atoms with Crippen LogP contribution < -0.4 is 14.4 Å². The van der Waals surface area contributed by atoms with Gasteiger partial charge in [0, 0.05) is 17.8 Å². The van der Waals surface area contributed by atoms with E-state index in [4.69, 9.17) is 4.74 Å². The van der Waals surface area contributed by atoms with Gasteiger partial charge >= 0.3 is 0 Å². The number of unbranched alkanes of at least 4 members (excludes halogenated alkanes) is 1. The van der Waals surface area contributed by atoms with Gasteiger partial charge in [0.25, 0.3) is 15.9 Å². The molecule has 168 valence electrons. The number of benzene rings is 3. The Labute approximate surface area is 189 Å². The summed E-state index contributed by atoms with van der Waals surface area (Å²) in [4.78, 5) is 12.7. The Kier molecular flexibility index (Phi) is 7.89. The lowest BCUT2D eigenvalue weighted by Gasteiger charge is -2.23. The Bertz CT molecular complexity index is 1110. The number of amides is 1. The van der Waals surface area contributed by atoms with Crippen molar-refractivity contribution < 1.29 is 17.9 Å². The van der Waals surface area contributed by atoms with Crippen molar-refractivity contribution >= 4 is 27.3 Å². The molecule has 0 unspecified atom stereocenters. The van der Waals surface area contributed by atoms with E-state index in [2.05, 4.69) is 12.2 Å². The number of carbonyl (C=O) groups excluding carboxylic acids is 1. The highest BCUT2D eigenvalue weighted by Crippen LogP contribution is 2.24. The van der Waals surface area contributed by atoms with Crippen molar-refractivity contribution in [2.75, 3.05) is 22.8 Å². The van der Waals surface area contributed by atoms with Gasteiger partial charge in [0.2, 0.25) is 0 Å². The van der Waals surface area contributed by atoms with E-state index in [-0.39, 0.29) is 10.8 Å². The third-order valence-corrected chi connectivity index (χ3v) is 6.83. The lowest BCUT2D eigenvalue weighted by molar-refractivity contribution is 0.102. The van der Waals surface area contributed by atoms with Crippen molar-refractivity contribution in [2.24, 2.45) is 0 Å². The highest BCUT2D eigenvalue weighted by molar-refractivity contribution is 7.92. The predicted molar refractivity (Wildman–Crippen MR) is 128 cm³/mol. The van der Waals surface area contributed by atoms with Crippen LogP contribution >= 0.6 is 0 Å². The van der Waals surface area contributed by atoms with E-state index in [1.807, 2.05) is 6.07 Å². The van der Waals surface area contributed by atoms with Gasteiger partial charge in [-0.2, -0.15) is 0 Å². The molecule has 0 bridgehead atoms. The van der Waals surface area contributed by atoms with Crippen molar-refractivity contribution in [1.82, 2.24) is 0 Å². The zero-order valence-electron chi connectivity index (χ0n) is 18.3. The minimum Gasteiger partial charge on any atom is -0.494 e. The first kappa shape index (κ1) is 23.3. The molecule has 1 N–H and O–H groups in total. The summed E-state index contributed by atoms with van der Waals surface area (Å²) < 4.78 is 33.1. The van der Waals surface area contributed by atoms with Gasteiger partial charge in [0.05, 0.1) is 17.2 Å². The number of rotatable bonds is 10. The summed E-state index contributed by atoms with van der Waals surface area (Å²) >= 11 is 0. The van der Waals surface area contributed by atoms with Crippen LogP contribution in [0.4, 0.5) is 11.4 Å². The molecule has 0 atom stereocenters. The summed E-state index contributed by atoms with van der Waals surface area (Å²) in [5, 5.41) is 2.80. The van der Waals surface area contributed by atoms with Gasteiger partial charge in [0.1, 0.15) is 5.75 Å². The summed E-state index contributed by atoms with van der Waals surface area (Å²) in [5.41, 5.74) is 1.61. The zero-order valence-corrected chi connectivity index (χ0v) is 19.1. The number of anilines is 2. The maximum absolute atomic E-state index is 13.1. The van der Waals surface area contributed by atoms with Crippen LogP contribution in [-0.4, -0.2) is 27.5 Å². The summed E-state index contributed by atoms with van der Waals surface area (Å²) in [6.07, 6.45) is 2.04. The molecule has 0 saturated heterocycles. The summed E-state index contributed by atoms with van der Waals surface area (Å²) in [5.74, 6) is 0.448. The average Bonchev–Trinajstić information content (AvgIpc) is 2.81. The second-order valence-electron chi connectivity index (χ2n) is 7.21. The first-order valence-corrected chi connectivity index (χ1v) is 12.1. The lowest BCUT2D eigenvalue weighted by atomic mass is 10.2. The summed E-state index contributed by atoms with van der Waals surface area (Å²) in [7, 11) is -3.71. The van der Waals surface area contributed by atoms with Crippen molar-refractivity contribution in [3.63, 3.8) is 0 Å². The maximum Gasteiger partial charge on any atom is 0.264 e. The number of nitrogens with one attached hydrogen (secondary N) is 1. The van der Waals surface area contributed by atoms with Crippen LogP contribution in [0.15, 0.2) is 83.8 Å². The van der Waals surface area contributed by atoms with Gasteiger partial charge in [-0.05, 0) is 74.0 Å². The standard InChI is InChI=1S/C25H28N2O4S/c1-3-5-19-31-23-15-11-20(12-16-23)25(28)26-21-13-17-24(18-14-21)32(29,30)27(4-2)22-9-7-6-8-10-22/h6-18H,3-5,19H2,1-2H3,(H,26,28). The molecule has 0 fully saturated rings. The second kappa shape index (κ2) is 10.8. The molecule has 3 aromatic carbocycles. The van der Waals surface area contributed by atoms with E-state index < -0.39 is 10.0 Å². The Hall–Kier alpha value is -3.32. The smallest absolute Gasteiger partial charge is 0.264 e. The topological polar surface area (TPSA) is 75.7 Å². The summed E-state index contributed by atoms with van der Waals surface area (Å²) in [6.45, 7) is 4.85. The van der Waals surface area contributed by atoms with E-state index in [9.17, 15) is 13.2 Å². The minimum atomic E-state index is -3.71. The Morgan fingerprint density at radius 3 is 2.16 bits per heavy atom. The fourth-order valence-electron chi connectivity index (χ4n) is 3.16. The number of nitrogens with zero attached hydrogens (tertiary/aromatic N) is 1. The van der Waals surface area contributed by atoms with Gasteiger partial charge in [-0.3, -0.25) is 9.10 Å². The quantitative estimate of drug-likeness (QED) is 0.422. The molecule has 0 aliphatic heterocycles. The van der Waals surface area contributed by atoms with Gasteiger partial charge < -0.3 is 10.1 Å². The van der Waals surface area contributed by atoms with E-state index in [0.717, 1.165) is 18.6 Å². The van der Waals surface area contributed by atoms with E-state index >= 15 is 0 Å². The molecule has 0 saturated carbocycles. The third-order valence-electron chi connectivity index (χ3n) is 4.91. The molecule has 6 nitrogen and oxygen atoms in total. The fraction of sp³-hybridized carbons (Fsp3) is 0.240. The van der Waals surface area contributed by atoms with Crippen LogP contribution in [0.25, 0.3) is 0 Å². The largest absolute Gasteiger partial charge is 0.494 e. The Morgan fingerprint density at radius 2 is 1.56 bits per heavy atom. The van der Waals surface area contributed by atoms with Crippen LogP contribution in [0.1, 0.15) is 37.0 Å². The normalized spacial score (nSPS) is 11.1. The van der Waals surface area contributed by atoms with Crippen molar-refractivity contribution in [3.8, 4) is 5.75 Å². The molecule has 3 rings (SSSR count). The molecule has 0 radical (unpaired) electrons. The highest BCUT2D eigenvalue weighted by atomic mass is 32.2. The maximum atomic E-state index is 13.1. The van der Waals surface area contributed by atoms with Gasteiger partial charge in [-0.15, -0.1) is 0 Å². The monoisotopic (exact) mass is 452 g/mol. The molecule has 7 heteroatoms. The van der Waals surface area contributed by atoms with Crippen LogP contribution in [0, 0.1) is 0 Å². The Balaban J connectivity index is 1.68. The molecule has 32 heavy (non-hydrogen) atoms. The molecule has 0 heterocycles. The average molecular weight is 453 g/mol. The molecular formula is C25H28N2O4S. The van der Waals surface area contributed by atoms with Crippen molar-refractivity contribution in [1.29, 1.82) is 0 Å². The van der Waals surface area contributed by atoms with E-state index in [1.165, 1.54) is 16.4 Å². The van der Waals surface area contributed by atoms with Gasteiger partial charge in [0.15, 0.2) is 0 Å². The molecule has 0 aliphatic rings. The van der Waals surface area contributed by atoms with Gasteiger partial charge in [-0.25, -0.2) is 8.42 Å². The van der Waals surface area contributed by atoms with E-state index in [1.54, 1.807) is 67.6 Å². The predicted octanol–water partition coefficient (Wildman–Crippen LogP) is 5.33. The first-order chi connectivity index (χ1) is 15.5. The molecular weight excluding hydrogens is 424 g/mol. The number of hydrogen-bond donors (Lipinski definition) is 1. The van der Waals surface area contributed by atoms with Crippen molar-refractivity contribution in [3.05, 3.63) is 84.4 Å². The van der Waals surface area contributed by atoms with Crippen LogP contribution in [0.2, 0.25) is 0 Å². The number of carbonyl (C=O) groups is 1. The molecule has 0 aromatic heterocycles. The molecule has 3 aromatic rings. The number of hydrogen-bond acceptors (Lipinski definition) is 4. The highest BCUT2D eigenvalue weighted by Gasteiger charge is 2.23. The van der Waals surface area contributed by atoms with Gasteiger partial charge in [-0.1, -0.05) is 31.5 Å². The van der Waals surface area contributed by atoms with Crippen LogP contribution in [0.3, 0.4) is 0 Å². The second-order valence-corrected chi connectivity index (χ2v) is 9.07. The third kappa shape index (κ3) is 5.68. The first-order valence-electron chi connectivity index (χ1n) is 10.7.